The van der Waals surface area contributed by atoms with Gasteiger partial charge in [-0.3, -0.25) is 9.78 Å². The molecule has 1 aliphatic rings. The maximum absolute atomic E-state index is 13.5. The summed E-state index contributed by atoms with van der Waals surface area (Å²) in [5, 5.41) is 3.82. The molecule has 1 fully saturated rings. The van der Waals surface area contributed by atoms with Crippen molar-refractivity contribution in [3.8, 4) is 5.69 Å². The Morgan fingerprint density at radius 3 is 2.62 bits per heavy atom. The summed E-state index contributed by atoms with van der Waals surface area (Å²) in [5.41, 5.74) is 4.70. The van der Waals surface area contributed by atoms with Gasteiger partial charge in [0.15, 0.2) is 5.11 Å². The van der Waals surface area contributed by atoms with E-state index < -0.39 is 0 Å². The lowest BCUT2D eigenvalue weighted by atomic mass is 9.97. The van der Waals surface area contributed by atoms with Gasteiger partial charge >= 0.3 is 5.97 Å². The monoisotopic (exact) mass is 452 g/mol. The summed E-state index contributed by atoms with van der Waals surface area (Å²) in [4.78, 5) is 18.8. The molecule has 6 nitrogen and oxygen atoms in total. The van der Waals surface area contributed by atoms with Crippen LogP contribution in [-0.4, -0.2) is 38.7 Å². The molecule has 3 heterocycles. The zero-order chi connectivity index (χ0) is 22.8. The smallest absolute Gasteiger partial charge is 0.325 e. The van der Waals surface area contributed by atoms with Crippen molar-refractivity contribution in [3.63, 3.8) is 0 Å². The van der Waals surface area contributed by atoms with Gasteiger partial charge in [-0.1, -0.05) is 6.07 Å². The van der Waals surface area contributed by atoms with E-state index in [1.54, 1.807) is 25.3 Å². The van der Waals surface area contributed by atoms with E-state index in [4.69, 9.17) is 17.0 Å². The minimum atomic E-state index is -0.337. The molecule has 4 rings (SSSR count). The average Bonchev–Trinajstić information content (AvgIpc) is 3.25. The van der Waals surface area contributed by atoms with Gasteiger partial charge in [0.05, 0.1) is 24.4 Å². The first-order chi connectivity index (χ1) is 15.4. The molecule has 0 saturated carbocycles. The number of ether oxygens (including phenoxy) is 1. The number of hydrogen-bond acceptors (Lipinski definition) is 4. The van der Waals surface area contributed by atoms with Gasteiger partial charge in [-0.2, -0.15) is 0 Å². The second-order valence-electron chi connectivity index (χ2n) is 7.70. The van der Waals surface area contributed by atoms with Gasteiger partial charge in [-0.25, -0.2) is 4.39 Å². The summed E-state index contributed by atoms with van der Waals surface area (Å²) in [7, 11) is 0. The Morgan fingerprint density at radius 1 is 1.22 bits per heavy atom. The maximum atomic E-state index is 13.5. The Hall–Kier alpha value is -3.26. The molecule has 0 amide bonds. The second-order valence-corrected chi connectivity index (χ2v) is 8.08. The number of pyridine rings is 1. The van der Waals surface area contributed by atoms with Crippen molar-refractivity contribution in [2.24, 2.45) is 0 Å². The van der Waals surface area contributed by atoms with E-state index in [9.17, 15) is 9.18 Å². The summed E-state index contributed by atoms with van der Waals surface area (Å²) in [6.07, 6.45) is 1.74. The Kier molecular flexibility index (Phi) is 6.23. The van der Waals surface area contributed by atoms with Gasteiger partial charge in [0, 0.05) is 23.3 Å². The maximum Gasteiger partial charge on any atom is 0.325 e. The number of nitrogens with zero attached hydrogens (tertiary/aromatic N) is 3. The van der Waals surface area contributed by atoms with E-state index in [0.29, 0.717) is 11.7 Å². The standard InChI is InChI=1S/C24H25FN4O2S/c1-4-31-21(30)14-28-23(22(27-24(28)32)20-7-5-6-12-26-20)19-13-15(2)29(16(19)3)18-10-8-17(25)9-11-18/h5-13,22-23H,4,14H2,1-3H3,(H,27,32)/t22-,23-/m0/s1. The van der Waals surface area contributed by atoms with Crippen LogP contribution in [0.5, 0.6) is 0 Å². The molecule has 0 spiro atoms. The van der Waals surface area contributed by atoms with Crippen LogP contribution in [0.3, 0.4) is 0 Å². The van der Waals surface area contributed by atoms with Gasteiger partial charge < -0.3 is 19.5 Å². The topological polar surface area (TPSA) is 59.4 Å². The van der Waals surface area contributed by atoms with Crippen LogP contribution in [0.15, 0.2) is 54.7 Å². The molecular weight excluding hydrogens is 427 g/mol. The summed E-state index contributed by atoms with van der Waals surface area (Å²) < 4.78 is 20.8. The lowest BCUT2D eigenvalue weighted by Gasteiger charge is -2.27. The van der Waals surface area contributed by atoms with Crippen molar-refractivity contribution in [1.82, 2.24) is 19.8 Å². The second kappa shape index (κ2) is 9.08. The Labute approximate surface area is 192 Å². The first-order valence-corrected chi connectivity index (χ1v) is 10.9. The fourth-order valence-corrected chi connectivity index (χ4v) is 4.64. The normalized spacial score (nSPS) is 18.0. The Morgan fingerprint density at radius 2 is 1.97 bits per heavy atom. The van der Waals surface area contributed by atoms with E-state index in [1.807, 2.05) is 36.9 Å². The number of halogens is 1. The lowest BCUT2D eigenvalue weighted by Crippen LogP contribution is -2.35. The number of carbonyl (C=O) groups is 1. The average molecular weight is 453 g/mol. The lowest BCUT2D eigenvalue weighted by molar-refractivity contribution is -0.143. The van der Waals surface area contributed by atoms with E-state index in [-0.39, 0.29) is 30.4 Å². The third-order valence-electron chi connectivity index (χ3n) is 5.68. The first kappa shape index (κ1) is 22.0. The van der Waals surface area contributed by atoms with Crippen molar-refractivity contribution >= 4 is 23.3 Å². The van der Waals surface area contributed by atoms with Crippen molar-refractivity contribution in [2.45, 2.75) is 32.9 Å². The van der Waals surface area contributed by atoms with Gasteiger partial charge in [0.25, 0.3) is 0 Å². The van der Waals surface area contributed by atoms with E-state index >= 15 is 0 Å². The van der Waals surface area contributed by atoms with Crippen LogP contribution in [0.2, 0.25) is 0 Å². The molecule has 1 N–H and O–H groups in total. The number of carbonyl (C=O) groups excluding carboxylic acids is 1. The molecule has 0 bridgehead atoms. The SMILES string of the molecule is CCOC(=O)CN1C(=S)N[C@@H](c2ccccn2)[C@@H]1c1cc(C)n(-c2ccc(F)cc2)c1C. The summed E-state index contributed by atoms with van der Waals surface area (Å²) in [6.45, 7) is 6.15. The molecule has 0 aliphatic carbocycles. The van der Waals surface area contributed by atoms with Crippen LogP contribution >= 0.6 is 12.2 Å². The minimum absolute atomic E-state index is 0.0356. The summed E-state index contributed by atoms with van der Waals surface area (Å²) in [6, 6.07) is 13.7. The number of esters is 1. The highest BCUT2D eigenvalue weighted by Crippen LogP contribution is 2.41. The van der Waals surface area contributed by atoms with Crippen LogP contribution < -0.4 is 5.32 Å². The van der Waals surface area contributed by atoms with Gasteiger partial charge in [-0.05, 0) is 81.0 Å². The van der Waals surface area contributed by atoms with Crippen LogP contribution in [0, 0.1) is 19.7 Å². The molecule has 0 radical (unpaired) electrons. The highest BCUT2D eigenvalue weighted by atomic mass is 32.1. The molecule has 0 unspecified atom stereocenters. The Balaban J connectivity index is 1.80. The van der Waals surface area contributed by atoms with E-state index in [1.165, 1.54) is 12.1 Å². The Bertz CT molecular complexity index is 1130. The van der Waals surface area contributed by atoms with E-state index in [0.717, 1.165) is 28.3 Å². The van der Waals surface area contributed by atoms with Gasteiger partial charge in [0.2, 0.25) is 0 Å². The molecule has 3 aromatic rings. The number of aryl methyl sites for hydroxylation is 1. The van der Waals surface area contributed by atoms with E-state index in [2.05, 4.69) is 20.9 Å². The fraction of sp³-hybridized carbons (Fsp3) is 0.292. The van der Waals surface area contributed by atoms with Crippen LogP contribution in [0.1, 0.15) is 41.7 Å². The number of aromatic nitrogens is 2. The quantitative estimate of drug-likeness (QED) is 0.448. The highest BCUT2D eigenvalue weighted by molar-refractivity contribution is 7.80. The predicted octanol–water partition coefficient (Wildman–Crippen LogP) is 4.16. The highest BCUT2D eigenvalue weighted by Gasteiger charge is 2.42. The zero-order valence-corrected chi connectivity index (χ0v) is 19.0. The van der Waals surface area contributed by atoms with Gasteiger partial charge in [0.1, 0.15) is 12.4 Å². The van der Waals surface area contributed by atoms with Crippen molar-refractivity contribution in [3.05, 3.63) is 83.2 Å². The summed E-state index contributed by atoms with van der Waals surface area (Å²) in [5.74, 6) is -0.617. The number of rotatable bonds is 6. The first-order valence-electron chi connectivity index (χ1n) is 10.5. The number of benzene rings is 1. The third-order valence-corrected chi connectivity index (χ3v) is 6.03. The van der Waals surface area contributed by atoms with Crippen molar-refractivity contribution in [1.29, 1.82) is 0 Å². The number of thiocarbonyl (C=S) groups is 1. The van der Waals surface area contributed by atoms with Crippen LogP contribution in [0.4, 0.5) is 4.39 Å². The fourth-order valence-electron chi connectivity index (χ4n) is 4.33. The molecule has 166 valence electrons. The molecule has 1 saturated heterocycles. The molecule has 1 aliphatic heterocycles. The minimum Gasteiger partial charge on any atom is -0.465 e. The molecular formula is C24H25FN4O2S. The molecule has 2 aromatic heterocycles. The zero-order valence-electron chi connectivity index (χ0n) is 18.2. The molecule has 2 atom stereocenters. The van der Waals surface area contributed by atoms with Crippen LogP contribution in [-0.2, 0) is 9.53 Å². The van der Waals surface area contributed by atoms with Crippen molar-refractivity contribution < 1.29 is 13.9 Å². The number of hydrogen-bond donors (Lipinski definition) is 1. The third kappa shape index (κ3) is 4.10. The molecule has 32 heavy (non-hydrogen) atoms. The molecule has 8 heteroatoms. The number of nitrogens with one attached hydrogen (secondary N) is 1. The van der Waals surface area contributed by atoms with Gasteiger partial charge in [-0.15, -0.1) is 0 Å². The van der Waals surface area contributed by atoms with Crippen molar-refractivity contribution in [2.75, 3.05) is 13.2 Å². The largest absolute Gasteiger partial charge is 0.465 e. The summed E-state index contributed by atoms with van der Waals surface area (Å²) >= 11 is 5.62. The van der Waals surface area contributed by atoms with Crippen LogP contribution in [0.25, 0.3) is 5.69 Å². The predicted molar refractivity (Wildman–Crippen MR) is 124 cm³/mol. The molecule has 1 aromatic carbocycles.